The number of nitrogens with two attached hydrogens (primary N) is 1. The summed E-state index contributed by atoms with van der Waals surface area (Å²) in [5.74, 6) is 0.0734. The van der Waals surface area contributed by atoms with Gasteiger partial charge in [0.25, 0.3) is 0 Å². The van der Waals surface area contributed by atoms with Gasteiger partial charge in [0.1, 0.15) is 0 Å². The summed E-state index contributed by atoms with van der Waals surface area (Å²) in [7, 11) is 0. The molecular weight excluding hydrogens is 290 g/mol. The Balaban J connectivity index is 0.00000220. The van der Waals surface area contributed by atoms with Crippen LogP contribution in [0.15, 0.2) is 30.3 Å². The minimum Gasteiger partial charge on any atom is -0.339 e. The maximum absolute atomic E-state index is 12.2. The van der Waals surface area contributed by atoms with Crippen molar-refractivity contribution in [3.8, 4) is 0 Å². The van der Waals surface area contributed by atoms with Gasteiger partial charge < -0.3 is 15.5 Å². The normalized spacial score (nSPS) is 16.1. The molecule has 1 aliphatic rings. The van der Waals surface area contributed by atoms with Crippen LogP contribution in [0.1, 0.15) is 12.5 Å². The molecule has 1 fully saturated rings. The molecule has 116 valence electrons. The second-order valence-corrected chi connectivity index (χ2v) is 5.16. The van der Waals surface area contributed by atoms with E-state index in [2.05, 4.69) is 0 Å². The molecule has 2 amide bonds. The van der Waals surface area contributed by atoms with Crippen molar-refractivity contribution in [2.75, 3.05) is 26.2 Å². The van der Waals surface area contributed by atoms with E-state index in [0.717, 1.165) is 5.56 Å². The zero-order valence-electron chi connectivity index (χ0n) is 12.2. The highest BCUT2D eigenvalue weighted by Crippen LogP contribution is 2.07. The predicted molar refractivity (Wildman–Crippen MR) is 84.2 cm³/mol. The van der Waals surface area contributed by atoms with Gasteiger partial charge in [-0.15, -0.1) is 12.4 Å². The summed E-state index contributed by atoms with van der Waals surface area (Å²) >= 11 is 0. The van der Waals surface area contributed by atoms with E-state index in [0.29, 0.717) is 32.6 Å². The van der Waals surface area contributed by atoms with E-state index in [4.69, 9.17) is 5.73 Å². The summed E-state index contributed by atoms with van der Waals surface area (Å²) in [6, 6.07) is 9.24. The summed E-state index contributed by atoms with van der Waals surface area (Å²) in [5.41, 5.74) is 6.61. The molecule has 1 aliphatic heterocycles. The maximum Gasteiger partial charge on any atom is 0.239 e. The minimum atomic E-state index is -0.471. The third-order valence-electron chi connectivity index (χ3n) is 3.53. The Morgan fingerprint density at radius 3 is 2.14 bits per heavy atom. The molecule has 21 heavy (non-hydrogen) atoms. The third-order valence-corrected chi connectivity index (χ3v) is 3.53. The lowest BCUT2D eigenvalue weighted by atomic mass is 10.1. The molecule has 1 atom stereocenters. The Morgan fingerprint density at radius 2 is 1.62 bits per heavy atom. The zero-order chi connectivity index (χ0) is 14.5. The number of carbonyl (C=O) groups excluding carboxylic acids is 2. The summed E-state index contributed by atoms with van der Waals surface area (Å²) in [6.45, 7) is 4.01. The Hall–Kier alpha value is -1.59. The molecule has 0 aliphatic carbocycles. The number of halogens is 1. The van der Waals surface area contributed by atoms with Gasteiger partial charge in [0, 0.05) is 26.2 Å². The van der Waals surface area contributed by atoms with E-state index in [1.54, 1.807) is 11.8 Å². The van der Waals surface area contributed by atoms with Crippen molar-refractivity contribution in [2.24, 2.45) is 5.73 Å². The lowest BCUT2D eigenvalue weighted by Gasteiger charge is -2.35. The van der Waals surface area contributed by atoms with Crippen LogP contribution in [0.5, 0.6) is 0 Å². The maximum atomic E-state index is 12.2. The van der Waals surface area contributed by atoms with Gasteiger partial charge in [-0.25, -0.2) is 0 Å². The number of rotatable bonds is 3. The van der Waals surface area contributed by atoms with E-state index in [-0.39, 0.29) is 24.2 Å². The van der Waals surface area contributed by atoms with Crippen LogP contribution in [-0.2, 0) is 16.0 Å². The van der Waals surface area contributed by atoms with Gasteiger partial charge in [-0.3, -0.25) is 9.59 Å². The number of carbonyl (C=O) groups is 2. The Kier molecular flexibility index (Phi) is 6.65. The molecule has 0 spiro atoms. The summed E-state index contributed by atoms with van der Waals surface area (Å²) in [6.07, 6.45) is 0.419. The Labute approximate surface area is 131 Å². The van der Waals surface area contributed by atoms with Gasteiger partial charge >= 0.3 is 0 Å². The highest BCUT2D eigenvalue weighted by molar-refractivity contribution is 5.85. The number of hydrogen-bond acceptors (Lipinski definition) is 3. The fourth-order valence-electron chi connectivity index (χ4n) is 2.35. The molecule has 0 saturated carbocycles. The second-order valence-electron chi connectivity index (χ2n) is 5.16. The van der Waals surface area contributed by atoms with Crippen molar-refractivity contribution < 1.29 is 9.59 Å². The molecule has 0 radical (unpaired) electrons. The third kappa shape index (κ3) is 4.72. The monoisotopic (exact) mass is 311 g/mol. The largest absolute Gasteiger partial charge is 0.339 e. The Bertz CT molecular complexity index is 471. The van der Waals surface area contributed by atoms with Crippen LogP contribution in [0.2, 0.25) is 0 Å². The average molecular weight is 312 g/mol. The molecule has 0 unspecified atom stereocenters. The second kappa shape index (κ2) is 8.00. The van der Waals surface area contributed by atoms with E-state index in [1.165, 1.54) is 0 Å². The summed E-state index contributed by atoms with van der Waals surface area (Å²) in [4.78, 5) is 27.5. The first-order valence-corrected chi connectivity index (χ1v) is 6.94. The molecule has 1 aromatic carbocycles. The number of hydrogen-bond donors (Lipinski definition) is 1. The average Bonchev–Trinajstić information content (AvgIpc) is 2.47. The van der Waals surface area contributed by atoms with E-state index in [9.17, 15) is 9.59 Å². The van der Waals surface area contributed by atoms with Crippen LogP contribution in [0.4, 0.5) is 0 Å². The molecule has 2 N–H and O–H groups in total. The molecule has 1 saturated heterocycles. The molecule has 2 rings (SSSR count). The fraction of sp³-hybridized carbons (Fsp3) is 0.467. The van der Waals surface area contributed by atoms with E-state index < -0.39 is 6.04 Å². The molecule has 0 bridgehead atoms. The Morgan fingerprint density at radius 1 is 1.10 bits per heavy atom. The molecular formula is C15H22ClN3O2. The van der Waals surface area contributed by atoms with Gasteiger partial charge in [-0.05, 0) is 12.5 Å². The van der Waals surface area contributed by atoms with Crippen molar-refractivity contribution in [1.29, 1.82) is 0 Å². The van der Waals surface area contributed by atoms with Crippen LogP contribution >= 0.6 is 12.4 Å². The zero-order valence-corrected chi connectivity index (χ0v) is 13.0. The van der Waals surface area contributed by atoms with Gasteiger partial charge in [0.15, 0.2) is 0 Å². The van der Waals surface area contributed by atoms with Gasteiger partial charge in [-0.2, -0.15) is 0 Å². The number of piperazine rings is 1. The minimum absolute atomic E-state index is 0. The SMILES string of the molecule is C[C@@H](N)C(=O)N1CCN(C(=O)Cc2ccccc2)CC1.Cl. The quantitative estimate of drug-likeness (QED) is 0.892. The summed E-state index contributed by atoms with van der Waals surface area (Å²) < 4.78 is 0. The van der Waals surface area contributed by atoms with Crippen molar-refractivity contribution in [1.82, 2.24) is 9.80 Å². The highest BCUT2D eigenvalue weighted by Gasteiger charge is 2.25. The highest BCUT2D eigenvalue weighted by atomic mass is 35.5. The molecule has 1 aromatic rings. The van der Waals surface area contributed by atoms with Crippen molar-refractivity contribution in [3.63, 3.8) is 0 Å². The van der Waals surface area contributed by atoms with E-state index in [1.807, 2.05) is 35.2 Å². The molecule has 6 heteroatoms. The van der Waals surface area contributed by atoms with Crippen LogP contribution in [0.25, 0.3) is 0 Å². The number of benzene rings is 1. The van der Waals surface area contributed by atoms with Crippen molar-refractivity contribution in [2.45, 2.75) is 19.4 Å². The van der Waals surface area contributed by atoms with Gasteiger partial charge in [0.2, 0.25) is 11.8 Å². The lowest BCUT2D eigenvalue weighted by molar-refractivity contribution is -0.139. The van der Waals surface area contributed by atoms with Crippen LogP contribution in [0, 0.1) is 0 Å². The van der Waals surface area contributed by atoms with Crippen LogP contribution in [0.3, 0.4) is 0 Å². The topological polar surface area (TPSA) is 66.6 Å². The van der Waals surface area contributed by atoms with Crippen molar-refractivity contribution in [3.05, 3.63) is 35.9 Å². The first-order valence-electron chi connectivity index (χ1n) is 6.94. The molecule has 1 heterocycles. The van der Waals surface area contributed by atoms with Crippen LogP contribution in [-0.4, -0.2) is 53.8 Å². The lowest BCUT2D eigenvalue weighted by Crippen LogP contribution is -2.54. The van der Waals surface area contributed by atoms with Gasteiger partial charge in [0.05, 0.1) is 12.5 Å². The number of nitrogens with zero attached hydrogens (tertiary/aromatic N) is 2. The smallest absolute Gasteiger partial charge is 0.239 e. The summed E-state index contributed by atoms with van der Waals surface area (Å²) in [5, 5.41) is 0. The molecule has 0 aromatic heterocycles. The first kappa shape index (κ1) is 17.5. The van der Waals surface area contributed by atoms with Gasteiger partial charge in [-0.1, -0.05) is 30.3 Å². The van der Waals surface area contributed by atoms with E-state index >= 15 is 0 Å². The number of amides is 2. The fourth-order valence-corrected chi connectivity index (χ4v) is 2.35. The molecule has 5 nitrogen and oxygen atoms in total. The first-order chi connectivity index (χ1) is 9.58. The standard InChI is InChI=1S/C15H21N3O2.ClH/c1-12(16)15(20)18-9-7-17(8-10-18)14(19)11-13-5-3-2-4-6-13;/h2-6,12H,7-11,16H2,1H3;1H/t12-;/m1./s1. The predicted octanol–water partition coefficient (Wildman–Crippen LogP) is 0.669. The van der Waals surface area contributed by atoms with Crippen molar-refractivity contribution >= 4 is 24.2 Å². The van der Waals surface area contributed by atoms with Crippen LogP contribution < -0.4 is 5.73 Å².